The smallest absolute Gasteiger partial charge is 0.287 e. The van der Waals surface area contributed by atoms with E-state index in [-0.39, 0.29) is 18.7 Å². The number of carbonyl (C=O) groups excluding carboxylic acids is 1. The van der Waals surface area contributed by atoms with Gasteiger partial charge >= 0.3 is 0 Å². The number of nitrogens with one attached hydrogen (secondary N) is 1. The van der Waals surface area contributed by atoms with Crippen molar-refractivity contribution in [2.24, 2.45) is 12.8 Å². The van der Waals surface area contributed by atoms with E-state index < -0.39 is 23.6 Å². The first-order valence-corrected chi connectivity index (χ1v) is 8.42. The van der Waals surface area contributed by atoms with Crippen LogP contribution in [0.4, 0.5) is 8.78 Å². The Labute approximate surface area is 155 Å². The number of amides is 1. The molecule has 0 radical (unpaired) electrons. The number of halogens is 2. The summed E-state index contributed by atoms with van der Waals surface area (Å²) < 4.78 is 33.7. The third kappa shape index (κ3) is 4.06. The van der Waals surface area contributed by atoms with E-state index in [0.29, 0.717) is 11.3 Å². The van der Waals surface area contributed by atoms with Crippen LogP contribution in [0.1, 0.15) is 21.9 Å². The van der Waals surface area contributed by atoms with Crippen molar-refractivity contribution in [3.8, 4) is 11.3 Å². The summed E-state index contributed by atoms with van der Waals surface area (Å²) in [6, 6.07) is 6.63. The number of benzene rings is 1. The normalized spacial score (nSPS) is 12.2. The fourth-order valence-corrected chi connectivity index (χ4v) is 2.89. The first kappa shape index (κ1) is 18.8. The molecule has 1 aromatic carbocycles. The van der Waals surface area contributed by atoms with Crippen LogP contribution in [0.15, 0.2) is 40.9 Å². The van der Waals surface area contributed by atoms with Crippen LogP contribution >= 0.6 is 0 Å². The number of carbonyl (C=O) groups is 1. The van der Waals surface area contributed by atoms with Gasteiger partial charge in [-0.3, -0.25) is 9.48 Å². The van der Waals surface area contributed by atoms with Crippen LogP contribution in [0.25, 0.3) is 11.3 Å². The maximum atomic E-state index is 13.4. The lowest BCUT2D eigenvalue weighted by Gasteiger charge is -2.16. The highest BCUT2D eigenvalue weighted by Crippen LogP contribution is 2.26. The molecular formula is C19H20F2N4O2. The predicted molar refractivity (Wildman–Crippen MR) is 96.0 cm³/mol. The van der Waals surface area contributed by atoms with Crippen molar-refractivity contribution >= 4 is 5.91 Å². The average molecular weight is 374 g/mol. The lowest BCUT2D eigenvalue weighted by molar-refractivity contribution is 0.0908. The molecule has 0 saturated carbocycles. The SMILES string of the molecule is Cc1oc(C(=O)N[C@H](CN)Cc2ccc(F)c(F)c2)cc1-c1ccnn1C. The predicted octanol–water partition coefficient (Wildman–Crippen LogP) is 2.57. The number of hydrogen-bond donors (Lipinski definition) is 2. The number of rotatable bonds is 6. The van der Waals surface area contributed by atoms with Gasteiger partial charge in [-0.15, -0.1) is 0 Å². The molecule has 0 aliphatic heterocycles. The fraction of sp³-hybridized carbons (Fsp3) is 0.263. The summed E-state index contributed by atoms with van der Waals surface area (Å²) in [7, 11) is 1.80. The topological polar surface area (TPSA) is 86.1 Å². The van der Waals surface area contributed by atoms with E-state index in [0.717, 1.165) is 23.4 Å². The van der Waals surface area contributed by atoms with Crippen LogP contribution in [-0.2, 0) is 13.5 Å². The van der Waals surface area contributed by atoms with Crippen molar-refractivity contribution in [2.45, 2.75) is 19.4 Å². The molecule has 8 heteroatoms. The minimum Gasteiger partial charge on any atom is -0.455 e. The van der Waals surface area contributed by atoms with Gasteiger partial charge in [0.15, 0.2) is 17.4 Å². The minimum absolute atomic E-state index is 0.138. The van der Waals surface area contributed by atoms with E-state index in [1.807, 2.05) is 6.07 Å². The number of nitrogens with two attached hydrogens (primary N) is 1. The van der Waals surface area contributed by atoms with E-state index in [1.54, 1.807) is 30.9 Å². The molecule has 3 N–H and O–H groups in total. The molecule has 27 heavy (non-hydrogen) atoms. The molecule has 2 heterocycles. The zero-order valence-electron chi connectivity index (χ0n) is 15.0. The van der Waals surface area contributed by atoms with Crippen LogP contribution in [0.2, 0.25) is 0 Å². The van der Waals surface area contributed by atoms with E-state index in [9.17, 15) is 13.6 Å². The second-order valence-corrected chi connectivity index (χ2v) is 6.28. The molecule has 0 saturated heterocycles. The largest absolute Gasteiger partial charge is 0.455 e. The standard InChI is InChI=1S/C19H20F2N4O2/c1-11-14(17-5-6-23-25(17)2)9-18(27-11)19(26)24-13(10-22)7-12-3-4-15(20)16(21)8-12/h3-6,8-9,13H,7,10,22H2,1-2H3,(H,24,26)/t13-/m0/s1. The lowest BCUT2D eigenvalue weighted by atomic mass is 10.1. The average Bonchev–Trinajstić information content (AvgIpc) is 3.22. The summed E-state index contributed by atoms with van der Waals surface area (Å²) in [5.41, 5.74) is 7.86. The second-order valence-electron chi connectivity index (χ2n) is 6.28. The Morgan fingerprint density at radius 1 is 1.30 bits per heavy atom. The van der Waals surface area contributed by atoms with Gasteiger partial charge < -0.3 is 15.5 Å². The maximum Gasteiger partial charge on any atom is 0.287 e. The van der Waals surface area contributed by atoms with Gasteiger partial charge in [0.05, 0.1) is 5.69 Å². The van der Waals surface area contributed by atoms with E-state index in [1.165, 1.54) is 6.07 Å². The lowest BCUT2D eigenvalue weighted by Crippen LogP contribution is -2.41. The molecule has 0 bridgehead atoms. The zero-order valence-corrected chi connectivity index (χ0v) is 15.0. The molecule has 0 fully saturated rings. The van der Waals surface area contributed by atoms with Gasteiger partial charge in [-0.2, -0.15) is 5.10 Å². The van der Waals surface area contributed by atoms with Gasteiger partial charge in [0.2, 0.25) is 0 Å². The second kappa shape index (κ2) is 7.71. The Bertz CT molecular complexity index is 965. The van der Waals surface area contributed by atoms with Crippen molar-refractivity contribution in [2.75, 3.05) is 6.54 Å². The summed E-state index contributed by atoms with van der Waals surface area (Å²) >= 11 is 0. The minimum atomic E-state index is -0.933. The summed E-state index contributed by atoms with van der Waals surface area (Å²) in [4.78, 5) is 12.5. The van der Waals surface area contributed by atoms with Gasteiger partial charge in [0.1, 0.15) is 5.76 Å². The first-order chi connectivity index (χ1) is 12.9. The van der Waals surface area contributed by atoms with E-state index >= 15 is 0 Å². The summed E-state index contributed by atoms with van der Waals surface area (Å²) in [5.74, 6) is -1.54. The number of aryl methyl sites for hydroxylation is 2. The highest BCUT2D eigenvalue weighted by atomic mass is 19.2. The molecule has 0 aliphatic carbocycles. The Balaban J connectivity index is 1.73. The monoisotopic (exact) mass is 374 g/mol. The van der Waals surface area contributed by atoms with Crippen molar-refractivity contribution in [3.63, 3.8) is 0 Å². The van der Waals surface area contributed by atoms with Crippen LogP contribution in [-0.4, -0.2) is 28.3 Å². The highest BCUT2D eigenvalue weighted by molar-refractivity contribution is 5.93. The Hall–Kier alpha value is -3.00. The molecule has 0 spiro atoms. The molecule has 2 aromatic heterocycles. The molecule has 3 rings (SSSR count). The molecule has 142 valence electrons. The maximum absolute atomic E-state index is 13.4. The molecule has 0 aliphatic rings. The molecule has 3 aromatic rings. The van der Waals surface area contributed by atoms with Gasteiger partial charge in [-0.1, -0.05) is 6.07 Å². The van der Waals surface area contributed by atoms with Crippen molar-refractivity contribution < 1.29 is 18.0 Å². The number of nitrogens with zero attached hydrogens (tertiary/aromatic N) is 2. The third-order valence-electron chi connectivity index (χ3n) is 4.32. The van der Waals surface area contributed by atoms with Crippen molar-refractivity contribution in [3.05, 3.63) is 65.2 Å². The Kier molecular flexibility index (Phi) is 5.36. The molecule has 0 unspecified atom stereocenters. The molecular weight excluding hydrogens is 354 g/mol. The quantitative estimate of drug-likeness (QED) is 0.694. The first-order valence-electron chi connectivity index (χ1n) is 8.42. The van der Waals surface area contributed by atoms with Gasteiger partial charge in [-0.05, 0) is 43.2 Å². The molecule has 1 amide bonds. The summed E-state index contributed by atoms with van der Waals surface area (Å²) in [6.45, 7) is 1.90. The van der Waals surface area contributed by atoms with Crippen LogP contribution < -0.4 is 11.1 Å². The van der Waals surface area contributed by atoms with Crippen molar-refractivity contribution in [1.82, 2.24) is 15.1 Å². The fourth-order valence-electron chi connectivity index (χ4n) is 2.89. The summed E-state index contributed by atoms with van der Waals surface area (Å²) in [5, 5.41) is 6.88. The molecule has 1 atom stereocenters. The van der Waals surface area contributed by atoms with Crippen molar-refractivity contribution in [1.29, 1.82) is 0 Å². The van der Waals surface area contributed by atoms with E-state index in [4.69, 9.17) is 10.2 Å². The number of aromatic nitrogens is 2. The van der Waals surface area contributed by atoms with Crippen LogP contribution in [0.5, 0.6) is 0 Å². The van der Waals surface area contributed by atoms with Gasteiger partial charge in [0.25, 0.3) is 5.91 Å². The Morgan fingerprint density at radius 3 is 2.70 bits per heavy atom. The Morgan fingerprint density at radius 2 is 2.07 bits per heavy atom. The summed E-state index contributed by atoms with van der Waals surface area (Å²) in [6.07, 6.45) is 1.93. The number of hydrogen-bond acceptors (Lipinski definition) is 4. The third-order valence-corrected chi connectivity index (χ3v) is 4.32. The highest BCUT2D eigenvalue weighted by Gasteiger charge is 2.20. The van der Waals surface area contributed by atoms with Gasteiger partial charge in [0, 0.05) is 31.4 Å². The van der Waals surface area contributed by atoms with Crippen LogP contribution in [0, 0.1) is 18.6 Å². The molecule has 6 nitrogen and oxygen atoms in total. The van der Waals surface area contributed by atoms with E-state index in [2.05, 4.69) is 10.4 Å². The zero-order chi connectivity index (χ0) is 19.6. The number of furan rings is 1. The van der Waals surface area contributed by atoms with Crippen LogP contribution in [0.3, 0.4) is 0 Å². The van der Waals surface area contributed by atoms with Gasteiger partial charge in [-0.25, -0.2) is 8.78 Å².